The van der Waals surface area contributed by atoms with Gasteiger partial charge in [-0.05, 0) is 38.3 Å². The van der Waals surface area contributed by atoms with Crippen LogP contribution in [0.5, 0.6) is 0 Å². The molecule has 130 valence electrons. The van der Waals surface area contributed by atoms with Gasteiger partial charge >= 0.3 is 0 Å². The van der Waals surface area contributed by atoms with Crippen molar-refractivity contribution in [1.82, 2.24) is 5.32 Å². The zero-order chi connectivity index (χ0) is 17.8. The van der Waals surface area contributed by atoms with Crippen LogP contribution in [0.1, 0.15) is 39.7 Å². The summed E-state index contributed by atoms with van der Waals surface area (Å²) in [4.78, 5) is 12.6. The summed E-state index contributed by atoms with van der Waals surface area (Å²) in [6.45, 7) is 9.70. The normalized spacial score (nSPS) is 14.4. The predicted octanol–water partition coefficient (Wildman–Crippen LogP) is 2.70. The SMILES string of the molecule is CC[C@@H](C(=O)N[C@H](C)C(C)C)N(c1ccc(C)cc1)S(C)(=O)=O. The van der Waals surface area contributed by atoms with E-state index in [1.165, 1.54) is 4.31 Å². The molecule has 5 nitrogen and oxygen atoms in total. The minimum atomic E-state index is -3.57. The Morgan fingerprint density at radius 2 is 1.70 bits per heavy atom. The third-order valence-electron chi connectivity index (χ3n) is 3.99. The minimum Gasteiger partial charge on any atom is -0.352 e. The lowest BCUT2D eigenvalue weighted by molar-refractivity contribution is -0.123. The van der Waals surface area contributed by atoms with Crippen LogP contribution in [0, 0.1) is 12.8 Å². The van der Waals surface area contributed by atoms with Gasteiger partial charge in [0.15, 0.2) is 0 Å². The summed E-state index contributed by atoms with van der Waals surface area (Å²) in [5.74, 6) is 0.0159. The molecular formula is C17H28N2O3S. The number of carbonyl (C=O) groups is 1. The molecule has 0 aliphatic rings. The van der Waals surface area contributed by atoms with Gasteiger partial charge in [0, 0.05) is 6.04 Å². The highest BCUT2D eigenvalue weighted by Gasteiger charge is 2.32. The molecule has 0 saturated heterocycles. The van der Waals surface area contributed by atoms with Crippen LogP contribution in [0.4, 0.5) is 5.69 Å². The molecule has 2 atom stereocenters. The van der Waals surface area contributed by atoms with Crippen molar-refractivity contribution in [2.24, 2.45) is 5.92 Å². The first kappa shape index (κ1) is 19.5. The standard InChI is InChI=1S/C17H28N2O3S/c1-7-16(17(20)18-14(5)12(2)3)19(23(6,21)22)15-10-8-13(4)9-11-15/h8-12,14,16H,7H2,1-6H3,(H,18,20)/t14-,16+/m1/s1. The minimum absolute atomic E-state index is 0.0176. The van der Waals surface area contributed by atoms with Gasteiger partial charge in [-0.25, -0.2) is 8.42 Å². The van der Waals surface area contributed by atoms with E-state index in [1.807, 2.05) is 46.8 Å². The molecule has 1 N–H and O–H groups in total. The maximum atomic E-state index is 12.6. The smallest absolute Gasteiger partial charge is 0.244 e. The molecule has 0 aliphatic heterocycles. The van der Waals surface area contributed by atoms with E-state index in [2.05, 4.69) is 5.32 Å². The van der Waals surface area contributed by atoms with Crippen LogP contribution >= 0.6 is 0 Å². The van der Waals surface area contributed by atoms with Crippen molar-refractivity contribution in [1.29, 1.82) is 0 Å². The third-order valence-corrected chi connectivity index (χ3v) is 5.17. The van der Waals surface area contributed by atoms with Gasteiger partial charge < -0.3 is 5.32 Å². The number of rotatable bonds is 7. The molecule has 0 unspecified atom stereocenters. The second kappa shape index (κ2) is 7.81. The number of nitrogens with one attached hydrogen (secondary N) is 1. The van der Waals surface area contributed by atoms with Crippen LogP contribution in [-0.2, 0) is 14.8 Å². The van der Waals surface area contributed by atoms with Crippen LogP contribution in [0.25, 0.3) is 0 Å². The fraction of sp³-hybridized carbons (Fsp3) is 0.588. The number of carbonyl (C=O) groups excluding carboxylic acids is 1. The Bertz CT molecular complexity index is 624. The lowest BCUT2D eigenvalue weighted by Crippen LogP contribution is -2.51. The fourth-order valence-electron chi connectivity index (χ4n) is 2.24. The van der Waals surface area contributed by atoms with Crippen molar-refractivity contribution in [3.63, 3.8) is 0 Å². The van der Waals surface area contributed by atoms with Gasteiger partial charge in [-0.15, -0.1) is 0 Å². The first-order valence-electron chi connectivity index (χ1n) is 7.94. The van der Waals surface area contributed by atoms with Gasteiger partial charge in [-0.1, -0.05) is 38.5 Å². The number of hydrogen-bond acceptors (Lipinski definition) is 3. The molecule has 1 aromatic rings. The summed E-state index contributed by atoms with van der Waals surface area (Å²) in [5.41, 5.74) is 1.55. The predicted molar refractivity (Wildman–Crippen MR) is 95.0 cm³/mol. The van der Waals surface area contributed by atoms with Gasteiger partial charge in [0.2, 0.25) is 15.9 Å². The van der Waals surface area contributed by atoms with Crippen LogP contribution in [0.15, 0.2) is 24.3 Å². The molecule has 6 heteroatoms. The number of aryl methyl sites for hydroxylation is 1. The number of anilines is 1. The number of benzene rings is 1. The average molecular weight is 340 g/mol. The van der Waals surface area contributed by atoms with Gasteiger partial charge in [-0.3, -0.25) is 9.10 Å². The Morgan fingerprint density at radius 3 is 2.09 bits per heavy atom. The third kappa shape index (κ3) is 5.23. The van der Waals surface area contributed by atoms with Crippen molar-refractivity contribution in [3.05, 3.63) is 29.8 Å². The van der Waals surface area contributed by atoms with Gasteiger partial charge in [0.25, 0.3) is 0 Å². The van der Waals surface area contributed by atoms with E-state index in [-0.39, 0.29) is 17.9 Å². The summed E-state index contributed by atoms with van der Waals surface area (Å²) in [6, 6.07) is 6.38. The van der Waals surface area contributed by atoms with Crippen LogP contribution < -0.4 is 9.62 Å². The topological polar surface area (TPSA) is 66.5 Å². The molecule has 0 bridgehead atoms. The fourth-order valence-corrected chi connectivity index (χ4v) is 3.45. The Labute approximate surface area is 140 Å². The largest absolute Gasteiger partial charge is 0.352 e. The van der Waals surface area contributed by atoms with Crippen LogP contribution in [-0.4, -0.2) is 32.7 Å². The summed E-state index contributed by atoms with van der Waals surface area (Å²) in [5, 5.41) is 2.92. The van der Waals surface area contributed by atoms with Crippen molar-refractivity contribution in [3.8, 4) is 0 Å². The van der Waals surface area contributed by atoms with Crippen molar-refractivity contribution in [2.75, 3.05) is 10.6 Å². The molecule has 0 aliphatic carbocycles. The molecule has 0 heterocycles. The zero-order valence-electron chi connectivity index (χ0n) is 14.8. The second-order valence-corrected chi connectivity index (χ2v) is 8.22. The molecule has 0 saturated carbocycles. The average Bonchev–Trinajstić information content (AvgIpc) is 2.44. The van der Waals surface area contributed by atoms with Crippen molar-refractivity contribution in [2.45, 2.75) is 53.1 Å². The number of hydrogen-bond donors (Lipinski definition) is 1. The van der Waals surface area contributed by atoms with Gasteiger partial charge in [0.05, 0.1) is 11.9 Å². The van der Waals surface area contributed by atoms with Gasteiger partial charge in [0.1, 0.15) is 6.04 Å². The Balaban J connectivity index is 3.18. The maximum absolute atomic E-state index is 12.6. The number of sulfonamides is 1. The lowest BCUT2D eigenvalue weighted by Gasteiger charge is -2.31. The summed E-state index contributed by atoms with van der Waals surface area (Å²) < 4.78 is 25.8. The highest BCUT2D eigenvalue weighted by atomic mass is 32.2. The summed E-state index contributed by atoms with van der Waals surface area (Å²) >= 11 is 0. The van der Waals surface area contributed by atoms with E-state index >= 15 is 0 Å². The molecule has 1 amide bonds. The molecule has 23 heavy (non-hydrogen) atoms. The summed E-state index contributed by atoms with van der Waals surface area (Å²) in [7, 11) is -3.57. The quantitative estimate of drug-likeness (QED) is 0.830. The first-order valence-corrected chi connectivity index (χ1v) is 9.79. The molecule has 0 aromatic heterocycles. The van der Waals surface area contributed by atoms with E-state index in [1.54, 1.807) is 12.1 Å². The lowest BCUT2D eigenvalue weighted by atomic mass is 10.1. The van der Waals surface area contributed by atoms with E-state index < -0.39 is 16.1 Å². The van der Waals surface area contributed by atoms with E-state index in [0.717, 1.165) is 11.8 Å². The molecule has 0 radical (unpaired) electrons. The van der Waals surface area contributed by atoms with Crippen LogP contribution in [0.3, 0.4) is 0 Å². The highest BCUT2D eigenvalue weighted by molar-refractivity contribution is 7.92. The molecular weight excluding hydrogens is 312 g/mol. The maximum Gasteiger partial charge on any atom is 0.244 e. The molecule has 1 aromatic carbocycles. The van der Waals surface area contributed by atoms with Crippen molar-refractivity contribution < 1.29 is 13.2 Å². The molecule has 0 fully saturated rings. The Hall–Kier alpha value is -1.56. The van der Waals surface area contributed by atoms with E-state index in [4.69, 9.17) is 0 Å². The summed E-state index contributed by atoms with van der Waals surface area (Å²) in [6.07, 6.45) is 1.53. The first-order chi connectivity index (χ1) is 10.6. The molecule has 0 spiro atoms. The Morgan fingerprint density at radius 1 is 1.17 bits per heavy atom. The molecule has 1 rings (SSSR count). The van der Waals surface area contributed by atoms with Crippen LogP contribution in [0.2, 0.25) is 0 Å². The zero-order valence-corrected chi connectivity index (χ0v) is 15.6. The monoisotopic (exact) mass is 340 g/mol. The number of amides is 1. The highest BCUT2D eigenvalue weighted by Crippen LogP contribution is 2.23. The second-order valence-electron chi connectivity index (χ2n) is 6.36. The van der Waals surface area contributed by atoms with E-state index in [9.17, 15) is 13.2 Å². The van der Waals surface area contributed by atoms with Crippen molar-refractivity contribution >= 4 is 21.6 Å². The van der Waals surface area contributed by atoms with Gasteiger partial charge in [-0.2, -0.15) is 0 Å². The number of nitrogens with zero attached hydrogens (tertiary/aromatic N) is 1. The van der Waals surface area contributed by atoms with E-state index in [0.29, 0.717) is 12.1 Å². The Kier molecular flexibility index (Phi) is 6.62.